The lowest BCUT2D eigenvalue weighted by Gasteiger charge is -2.23. The van der Waals surface area contributed by atoms with Crippen molar-refractivity contribution in [2.24, 2.45) is 5.41 Å². The van der Waals surface area contributed by atoms with Crippen LogP contribution in [0.2, 0.25) is 0 Å². The zero-order valence-electron chi connectivity index (χ0n) is 9.98. The van der Waals surface area contributed by atoms with Crippen LogP contribution in [0.25, 0.3) is 0 Å². The summed E-state index contributed by atoms with van der Waals surface area (Å²) in [6.45, 7) is 4.30. The molecule has 0 aliphatic carbocycles. The van der Waals surface area contributed by atoms with Gasteiger partial charge in [-0.15, -0.1) is 11.6 Å². The summed E-state index contributed by atoms with van der Waals surface area (Å²) in [7, 11) is -3.47. The molecular weight excluding hydrogens is 260 g/mol. The summed E-state index contributed by atoms with van der Waals surface area (Å²) in [6, 6.07) is 3.11. The predicted octanol–water partition coefficient (Wildman–Crippen LogP) is 2.01. The van der Waals surface area contributed by atoms with Crippen LogP contribution in [0.4, 0.5) is 0 Å². The monoisotopic (exact) mass is 276 g/mol. The third-order valence-corrected chi connectivity index (χ3v) is 4.03. The lowest BCUT2D eigenvalue weighted by atomic mass is 9.91. The van der Waals surface area contributed by atoms with Crippen LogP contribution in [0.5, 0.6) is 0 Å². The second-order valence-corrected chi connectivity index (χ2v) is 6.76. The molecule has 1 heterocycles. The van der Waals surface area contributed by atoms with E-state index < -0.39 is 10.0 Å². The fourth-order valence-corrected chi connectivity index (χ4v) is 2.94. The molecule has 1 aromatic rings. The van der Waals surface area contributed by atoms with Crippen LogP contribution < -0.4 is 4.72 Å². The molecule has 0 aliphatic rings. The van der Waals surface area contributed by atoms with Crippen LogP contribution in [-0.4, -0.2) is 25.8 Å². The molecule has 0 unspecified atom stereocenters. The molecule has 0 fully saturated rings. The first-order valence-corrected chi connectivity index (χ1v) is 7.35. The van der Waals surface area contributed by atoms with Crippen molar-refractivity contribution in [3.63, 3.8) is 0 Å². The molecule has 1 N–H and O–H groups in total. The van der Waals surface area contributed by atoms with E-state index in [2.05, 4.69) is 9.71 Å². The van der Waals surface area contributed by atoms with E-state index >= 15 is 0 Å². The number of halogens is 1. The smallest absolute Gasteiger partial charge is 0.242 e. The second kappa shape index (κ2) is 5.80. The minimum atomic E-state index is -3.47. The van der Waals surface area contributed by atoms with Gasteiger partial charge in [0, 0.05) is 24.8 Å². The topological polar surface area (TPSA) is 59.1 Å². The summed E-state index contributed by atoms with van der Waals surface area (Å²) in [5.74, 6) is 0.515. The maximum atomic E-state index is 11.9. The van der Waals surface area contributed by atoms with Gasteiger partial charge in [-0.1, -0.05) is 13.8 Å². The highest BCUT2D eigenvalue weighted by Crippen LogP contribution is 2.20. The van der Waals surface area contributed by atoms with Gasteiger partial charge in [-0.3, -0.25) is 4.98 Å². The lowest BCUT2D eigenvalue weighted by molar-refractivity contribution is 0.352. The first-order valence-electron chi connectivity index (χ1n) is 5.33. The van der Waals surface area contributed by atoms with Gasteiger partial charge in [-0.05, 0) is 24.0 Å². The Balaban J connectivity index is 2.69. The van der Waals surface area contributed by atoms with Crippen molar-refractivity contribution in [3.8, 4) is 0 Å². The van der Waals surface area contributed by atoms with Crippen LogP contribution in [0.15, 0.2) is 29.4 Å². The quantitative estimate of drug-likeness (QED) is 0.809. The van der Waals surface area contributed by atoms with Gasteiger partial charge in [0.15, 0.2) is 0 Å². The van der Waals surface area contributed by atoms with E-state index in [9.17, 15) is 8.42 Å². The molecule has 96 valence electrons. The van der Waals surface area contributed by atoms with Crippen molar-refractivity contribution < 1.29 is 8.42 Å². The minimum Gasteiger partial charge on any atom is -0.263 e. The molecule has 0 radical (unpaired) electrons. The number of pyridine rings is 1. The Hall–Kier alpha value is -0.650. The summed E-state index contributed by atoms with van der Waals surface area (Å²) in [4.78, 5) is 3.97. The fourth-order valence-electron chi connectivity index (χ4n) is 1.22. The van der Waals surface area contributed by atoms with Gasteiger partial charge >= 0.3 is 0 Å². The van der Waals surface area contributed by atoms with Crippen LogP contribution >= 0.6 is 11.6 Å². The highest BCUT2D eigenvalue weighted by atomic mass is 35.5. The molecule has 0 saturated carbocycles. The van der Waals surface area contributed by atoms with Crippen molar-refractivity contribution in [1.29, 1.82) is 0 Å². The highest BCUT2D eigenvalue weighted by Gasteiger charge is 2.21. The Labute approximate surface area is 107 Å². The Morgan fingerprint density at radius 1 is 1.47 bits per heavy atom. The zero-order chi connectivity index (χ0) is 12.9. The molecule has 0 bridgehead atoms. The number of nitrogens with one attached hydrogen (secondary N) is 1. The van der Waals surface area contributed by atoms with Crippen molar-refractivity contribution in [2.45, 2.75) is 25.2 Å². The number of alkyl halides is 1. The van der Waals surface area contributed by atoms with Crippen molar-refractivity contribution in [1.82, 2.24) is 9.71 Å². The van der Waals surface area contributed by atoms with Gasteiger partial charge in [0.1, 0.15) is 4.90 Å². The maximum absolute atomic E-state index is 11.9. The number of sulfonamides is 1. The summed E-state index contributed by atoms with van der Waals surface area (Å²) in [5.41, 5.74) is -0.156. The Bertz CT molecular complexity index is 446. The third kappa shape index (κ3) is 4.61. The Morgan fingerprint density at radius 2 is 2.18 bits per heavy atom. The number of rotatable bonds is 6. The molecule has 0 aromatic carbocycles. The van der Waals surface area contributed by atoms with Gasteiger partial charge in [-0.2, -0.15) is 0 Å². The van der Waals surface area contributed by atoms with Crippen LogP contribution in [0.3, 0.4) is 0 Å². The molecule has 0 spiro atoms. The van der Waals surface area contributed by atoms with Crippen LogP contribution in [0, 0.1) is 5.41 Å². The number of hydrogen-bond acceptors (Lipinski definition) is 3. The third-order valence-electron chi connectivity index (χ3n) is 2.46. The van der Waals surface area contributed by atoms with Gasteiger partial charge in [0.05, 0.1) is 0 Å². The molecule has 17 heavy (non-hydrogen) atoms. The fraction of sp³-hybridized carbons (Fsp3) is 0.545. The Kier molecular flexibility index (Phi) is 4.91. The van der Waals surface area contributed by atoms with Crippen LogP contribution in [-0.2, 0) is 10.0 Å². The van der Waals surface area contributed by atoms with E-state index in [1.54, 1.807) is 6.07 Å². The normalized spacial score (nSPS) is 12.6. The molecule has 4 nitrogen and oxygen atoms in total. The summed E-state index contributed by atoms with van der Waals surface area (Å²) < 4.78 is 26.4. The van der Waals surface area contributed by atoms with E-state index in [-0.39, 0.29) is 10.3 Å². The second-order valence-electron chi connectivity index (χ2n) is 4.62. The van der Waals surface area contributed by atoms with Crippen molar-refractivity contribution in [2.75, 3.05) is 12.4 Å². The molecule has 0 aliphatic heterocycles. The standard InChI is InChI=1S/C11H17ClN2O2S/c1-11(2,5-6-12)9-14-17(15,16)10-4-3-7-13-8-10/h3-4,7-8,14H,5-6,9H2,1-2H3. The van der Waals surface area contributed by atoms with Crippen molar-refractivity contribution in [3.05, 3.63) is 24.5 Å². The molecule has 1 rings (SSSR count). The zero-order valence-corrected chi connectivity index (χ0v) is 11.6. The molecule has 0 atom stereocenters. The number of hydrogen-bond donors (Lipinski definition) is 1. The highest BCUT2D eigenvalue weighted by molar-refractivity contribution is 7.89. The average Bonchev–Trinajstić information content (AvgIpc) is 2.28. The summed E-state index contributed by atoms with van der Waals surface area (Å²) in [5, 5.41) is 0. The summed E-state index contributed by atoms with van der Waals surface area (Å²) >= 11 is 5.67. The van der Waals surface area contributed by atoms with E-state index in [0.29, 0.717) is 12.4 Å². The largest absolute Gasteiger partial charge is 0.263 e. The maximum Gasteiger partial charge on any atom is 0.242 e. The lowest BCUT2D eigenvalue weighted by Crippen LogP contribution is -2.34. The van der Waals surface area contributed by atoms with Gasteiger partial charge in [0.2, 0.25) is 10.0 Å². The van der Waals surface area contributed by atoms with E-state index in [0.717, 1.165) is 6.42 Å². The van der Waals surface area contributed by atoms with Gasteiger partial charge < -0.3 is 0 Å². The SMILES string of the molecule is CC(C)(CCCl)CNS(=O)(=O)c1cccnc1. The molecule has 1 aromatic heterocycles. The molecule has 0 amide bonds. The number of nitrogens with zero attached hydrogens (tertiary/aromatic N) is 1. The van der Waals surface area contributed by atoms with E-state index in [1.807, 2.05) is 13.8 Å². The summed E-state index contributed by atoms with van der Waals surface area (Å²) in [6.07, 6.45) is 3.62. The molecule has 6 heteroatoms. The minimum absolute atomic E-state index is 0.156. The predicted molar refractivity (Wildman–Crippen MR) is 68.5 cm³/mol. The Morgan fingerprint density at radius 3 is 2.71 bits per heavy atom. The molecule has 0 saturated heterocycles. The average molecular weight is 277 g/mol. The van der Waals surface area contributed by atoms with Gasteiger partial charge in [0.25, 0.3) is 0 Å². The van der Waals surface area contributed by atoms with Crippen LogP contribution in [0.1, 0.15) is 20.3 Å². The number of aromatic nitrogens is 1. The van der Waals surface area contributed by atoms with Crippen molar-refractivity contribution >= 4 is 21.6 Å². The first kappa shape index (κ1) is 14.4. The van der Waals surface area contributed by atoms with E-state index in [4.69, 9.17) is 11.6 Å². The molecular formula is C11H17ClN2O2S. The van der Waals surface area contributed by atoms with E-state index in [1.165, 1.54) is 18.5 Å². The van der Waals surface area contributed by atoms with Gasteiger partial charge in [-0.25, -0.2) is 13.1 Å². The first-order chi connectivity index (χ1) is 7.87.